The standard InChI is InChI=1S/C12H7ClN4O2S/c13-12-14-6-9(17(18)19)8(16-12)5-11-15-7-3-1-2-4-10(7)20-11/h1-4,6H,5H2. The maximum atomic E-state index is 11.0. The highest BCUT2D eigenvalue weighted by molar-refractivity contribution is 7.18. The number of nitrogens with zero attached hydrogens (tertiary/aromatic N) is 4. The average molecular weight is 307 g/mol. The molecule has 3 aromatic rings. The molecule has 0 atom stereocenters. The maximum absolute atomic E-state index is 11.0. The van der Waals surface area contributed by atoms with E-state index in [1.165, 1.54) is 11.3 Å². The van der Waals surface area contributed by atoms with Gasteiger partial charge in [0.2, 0.25) is 5.28 Å². The van der Waals surface area contributed by atoms with E-state index in [1.54, 1.807) is 0 Å². The van der Waals surface area contributed by atoms with Gasteiger partial charge < -0.3 is 0 Å². The van der Waals surface area contributed by atoms with Gasteiger partial charge in [-0.2, -0.15) is 0 Å². The second-order valence-corrected chi connectivity index (χ2v) is 5.43. The Labute approximate surface area is 122 Å². The lowest BCUT2D eigenvalue weighted by Crippen LogP contribution is -2.01. The predicted octanol–water partition coefficient (Wildman–Crippen LogP) is 3.24. The molecular formula is C12H7ClN4O2S. The molecule has 0 amide bonds. The fourth-order valence-corrected chi connectivity index (χ4v) is 2.93. The Hall–Kier alpha value is -2.12. The van der Waals surface area contributed by atoms with Crippen LogP contribution in [0.4, 0.5) is 5.69 Å². The molecule has 6 nitrogen and oxygen atoms in total. The van der Waals surface area contributed by atoms with Crippen LogP contribution in [0.25, 0.3) is 10.2 Å². The Kier molecular flexibility index (Phi) is 3.29. The summed E-state index contributed by atoms with van der Waals surface area (Å²) in [6.07, 6.45) is 1.38. The molecule has 0 aliphatic rings. The molecule has 100 valence electrons. The first-order valence-electron chi connectivity index (χ1n) is 5.64. The van der Waals surface area contributed by atoms with Gasteiger partial charge in [-0.3, -0.25) is 10.1 Å². The molecule has 0 bridgehead atoms. The first kappa shape index (κ1) is 12.9. The lowest BCUT2D eigenvalue weighted by atomic mass is 10.2. The van der Waals surface area contributed by atoms with Crippen LogP contribution < -0.4 is 0 Å². The Morgan fingerprint density at radius 1 is 1.30 bits per heavy atom. The van der Waals surface area contributed by atoms with Crippen molar-refractivity contribution in [1.29, 1.82) is 0 Å². The first-order chi connectivity index (χ1) is 9.63. The molecule has 2 heterocycles. The van der Waals surface area contributed by atoms with Gasteiger partial charge in [0.15, 0.2) is 0 Å². The lowest BCUT2D eigenvalue weighted by molar-refractivity contribution is -0.386. The van der Waals surface area contributed by atoms with Crippen LogP contribution in [0.3, 0.4) is 0 Å². The van der Waals surface area contributed by atoms with Gasteiger partial charge in [0, 0.05) is 6.42 Å². The van der Waals surface area contributed by atoms with Gasteiger partial charge in [-0.15, -0.1) is 11.3 Å². The van der Waals surface area contributed by atoms with Gasteiger partial charge in [-0.1, -0.05) is 12.1 Å². The summed E-state index contributed by atoms with van der Waals surface area (Å²) in [4.78, 5) is 22.5. The highest BCUT2D eigenvalue weighted by Crippen LogP contribution is 2.26. The molecular weight excluding hydrogens is 300 g/mol. The Balaban J connectivity index is 2.01. The van der Waals surface area contributed by atoms with Crippen molar-refractivity contribution in [3.63, 3.8) is 0 Å². The van der Waals surface area contributed by atoms with Crippen molar-refractivity contribution in [3.8, 4) is 0 Å². The number of para-hydroxylation sites is 1. The number of nitro groups is 1. The zero-order valence-electron chi connectivity index (χ0n) is 9.99. The summed E-state index contributed by atoms with van der Waals surface area (Å²) < 4.78 is 1.03. The fourth-order valence-electron chi connectivity index (χ4n) is 1.81. The topological polar surface area (TPSA) is 81.8 Å². The summed E-state index contributed by atoms with van der Waals surface area (Å²) in [5.41, 5.74) is 0.998. The third kappa shape index (κ3) is 2.45. The third-order valence-corrected chi connectivity index (χ3v) is 3.89. The van der Waals surface area contributed by atoms with Crippen molar-refractivity contribution in [2.75, 3.05) is 0 Å². The van der Waals surface area contributed by atoms with E-state index in [2.05, 4.69) is 15.0 Å². The second-order valence-electron chi connectivity index (χ2n) is 3.98. The van der Waals surface area contributed by atoms with Crippen LogP contribution >= 0.6 is 22.9 Å². The van der Waals surface area contributed by atoms with Gasteiger partial charge in [0.05, 0.1) is 15.1 Å². The van der Waals surface area contributed by atoms with Crippen molar-refractivity contribution < 1.29 is 4.92 Å². The van der Waals surface area contributed by atoms with Crippen molar-refractivity contribution in [3.05, 3.63) is 56.6 Å². The molecule has 0 radical (unpaired) electrons. The third-order valence-electron chi connectivity index (χ3n) is 2.67. The van der Waals surface area contributed by atoms with E-state index in [-0.39, 0.29) is 23.1 Å². The maximum Gasteiger partial charge on any atom is 0.309 e. The summed E-state index contributed by atoms with van der Waals surface area (Å²) in [6, 6.07) is 7.68. The van der Waals surface area contributed by atoms with Gasteiger partial charge >= 0.3 is 5.69 Å². The van der Waals surface area contributed by atoms with E-state index in [4.69, 9.17) is 11.6 Å². The van der Waals surface area contributed by atoms with Crippen LogP contribution in [-0.4, -0.2) is 19.9 Å². The van der Waals surface area contributed by atoms with Gasteiger partial charge in [0.1, 0.15) is 16.9 Å². The molecule has 0 unspecified atom stereocenters. The number of thiazole rings is 1. The summed E-state index contributed by atoms with van der Waals surface area (Å²) in [7, 11) is 0. The quantitative estimate of drug-likeness (QED) is 0.421. The molecule has 0 N–H and O–H groups in total. The number of fused-ring (bicyclic) bond motifs is 1. The van der Waals surface area contributed by atoms with Gasteiger partial charge in [-0.25, -0.2) is 15.0 Å². The van der Waals surface area contributed by atoms with E-state index in [0.717, 1.165) is 21.4 Å². The van der Waals surface area contributed by atoms with E-state index in [1.807, 2.05) is 24.3 Å². The minimum absolute atomic E-state index is 0.00767. The molecule has 0 saturated heterocycles. The molecule has 0 saturated carbocycles. The summed E-state index contributed by atoms with van der Waals surface area (Å²) >= 11 is 7.19. The van der Waals surface area contributed by atoms with E-state index in [9.17, 15) is 10.1 Å². The number of aromatic nitrogens is 3. The van der Waals surface area contributed by atoms with Crippen LogP contribution in [0.1, 0.15) is 10.7 Å². The average Bonchev–Trinajstić information content (AvgIpc) is 2.80. The largest absolute Gasteiger partial charge is 0.309 e. The number of rotatable bonds is 3. The van der Waals surface area contributed by atoms with Crippen molar-refractivity contribution in [2.45, 2.75) is 6.42 Å². The SMILES string of the molecule is O=[N+]([O-])c1cnc(Cl)nc1Cc1nc2ccccc2s1. The Morgan fingerprint density at radius 2 is 2.10 bits per heavy atom. The Bertz CT molecular complexity index is 772. The molecule has 0 fully saturated rings. The number of benzene rings is 1. The molecule has 1 aromatic carbocycles. The number of hydrogen-bond donors (Lipinski definition) is 0. The van der Waals surface area contributed by atoms with Crippen LogP contribution in [0.5, 0.6) is 0 Å². The fraction of sp³-hybridized carbons (Fsp3) is 0.0833. The monoisotopic (exact) mass is 306 g/mol. The molecule has 0 aliphatic heterocycles. The minimum atomic E-state index is -0.515. The van der Waals surface area contributed by atoms with Crippen molar-refractivity contribution in [2.24, 2.45) is 0 Å². The van der Waals surface area contributed by atoms with Gasteiger partial charge in [0.25, 0.3) is 0 Å². The van der Waals surface area contributed by atoms with Gasteiger partial charge in [-0.05, 0) is 23.7 Å². The van der Waals surface area contributed by atoms with Crippen molar-refractivity contribution in [1.82, 2.24) is 15.0 Å². The first-order valence-corrected chi connectivity index (χ1v) is 6.83. The molecule has 8 heteroatoms. The lowest BCUT2D eigenvalue weighted by Gasteiger charge is -1.99. The van der Waals surface area contributed by atoms with E-state index < -0.39 is 4.92 Å². The van der Waals surface area contributed by atoms with Crippen LogP contribution in [0, 0.1) is 10.1 Å². The summed E-state index contributed by atoms with van der Waals surface area (Å²) in [6.45, 7) is 0. The normalized spacial score (nSPS) is 10.8. The molecule has 0 spiro atoms. The zero-order chi connectivity index (χ0) is 14.1. The van der Waals surface area contributed by atoms with Crippen molar-refractivity contribution >= 4 is 38.8 Å². The number of halogens is 1. The second kappa shape index (κ2) is 5.10. The molecule has 2 aromatic heterocycles. The summed E-state index contributed by atoms with van der Waals surface area (Å²) in [5, 5.41) is 11.7. The highest BCUT2D eigenvalue weighted by atomic mass is 35.5. The van der Waals surface area contributed by atoms with Crippen LogP contribution in [-0.2, 0) is 6.42 Å². The summed E-state index contributed by atoms with van der Waals surface area (Å²) in [5.74, 6) is 0. The van der Waals surface area contributed by atoms with E-state index in [0.29, 0.717) is 0 Å². The minimum Gasteiger partial charge on any atom is -0.258 e. The predicted molar refractivity (Wildman–Crippen MR) is 76.1 cm³/mol. The molecule has 3 rings (SSSR count). The van der Waals surface area contributed by atoms with Crippen LogP contribution in [0.2, 0.25) is 5.28 Å². The smallest absolute Gasteiger partial charge is 0.258 e. The molecule has 20 heavy (non-hydrogen) atoms. The van der Waals surface area contributed by atoms with E-state index >= 15 is 0 Å². The molecule has 0 aliphatic carbocycles. The number of hydrogen-bond acceptors (Lipinski definition) is 6. The zero-order valence-corrected chi connectivity index (χ0v) is 11.6. The van der Waals surface area contributed by atoms with Crippen LogP contribution in [0.15, 0.2) is 30.5 Å². The Morgan fingerprint density at radius 3 is 2.85 bits per heavy atom. The highest BCUT2D eigenvalue weighted by Gasteiger charge is 2.18.